The summed E-state index contributed by atoms with van der Waals surface area (Å²) in [7, 11) is 0. The van der Waals surface area contributed by atoms with E-state index in [1.165, 1.54) is 24.3 Å². The lowest BCUT2D eigenvalue weighted by atomic mass is 10.1. The molecule has 2 rings (SSSR count). The molecule has 28 heavy (non-hydrogen) atoms. The number of halogens is 3. The molecule has 0 saturated carbocycles. The summed E-state index contributed by atoms with van der Waals surface area (Å²) in [6, 6.07) is 11.6. The summed E-state index contributed by atoms with van der Waals surface area (Å²) in [6.07, 6.45) is -1.67. The molecule has 0 spiro atoms. The van der Waals surface area contributed by atoms with Gasteiger partial charge in [-0.15, -0.1) is 0 Å². The minimum atomic E-state index is -4.38. The zero-order chi connectivity index (χ0) is 20.7. The van der Waals surface area contributed by atoms with Gasteiger partial charge in [0.15, 0.2) is 0 Å². The average molecular weight is 390 g/mol. The molecule has 0 radical (unpaired) electrons. The maximum absolute atomic E-state index is 12.5. The van der Waals surface area contributed by atoms with Crippen molar-refractivity contribution in [3.05, 3.63) is 71.3 Å². The number of carbonyl (C=O) groups is 2. The summed E-state index contributed by atoms with van der Waals surface area (Å²) in [4.78, 5) is 23.5. The van der Waals surface area contributed by atoms with Gasteiger partial charge < -0.3 is 10.6 Å². The van der Waals surface area contributed by atoms with E-state index in [-0.39, 0.29) is 24.3 Å². The van der Waals surface area contributed by atoms with Gasteiger partial charge in [0.1, 0.15) is 0 Å². The average Bonchev–Trinajstić information content (AvgIpc) is 2.65. The minimum absolute atomic E-state index is 0.0746. The molecule has 0 bridgehead atoms. The molecule has 2 N–H and O–H groups in total. The zero-order valence-electron chi connectivity index (χ0n) is 15.5. The van der Waals surface area contributed by atoms with Gasteiger partial charge in [-0.05, 0) is 41.5 Å². The van der Waals surface area contributed by atoms with Crippen LogP contribution in [0.4, 0.5) is 18.9 Å². The van der Waals surface area contributed by atoms with Crippen LogP contribution < -0.4 is 10.6 Å². The Kier molecular flexibility index (Phi) is 6.98. The van der Waals surface area contributed by atoms with E-state index in [1.807, 2.05) is 0 Å². The van der Waals surface area contributed by atoms with Gasteiger partial charge in [0, 0.05) is 24.2 Å². The molecule has 0 unspecified atom stereocenters. The quantitative estimate of drug-likeness (QED) is 0.707. The molecule has 2 aromatic carbocycles. The first kappa shape index (κ1) is 21.2. The van der Waals surface area contributed by atoms with E-state index in [9.17, 15) is 22.8 Å². The van der Waals surface area contributed by atoms with Crippen LogP contribution in [0.3, 0.4) is 0 Å². The topological polar surface area (TPSA) is 58.2 Å². The van der Waals surface area contributed by atoms with E-state index in [4.69, 9.17) is 0 Å². The fourth-order valence-electron chi connectivity index (χ4n) is 2.20. The highest BCUT2D eigenvalue weighted by molar-refractivity contribution is 5.92. The standard InChI is InChI=1S/C21H21F3N2O2/c1-14(2)20(28)26-18-10-5-16(6-11-18)13-25-19(27)12-7-15-3-8-17(9-4-15)21(22,23)24/h3-12,14H,13H2,1-2H3,(H,25,27)(H,26,28)/b12-7+. The monoisotopic (exact) mass is 390 g/mol. The van der Waals surface area contributed by atoms with Crippen LogP contribution in [0.5, 0.6) is 0 Å². The highest BCUT2D eigenvalue weighted by atomic mass is 19.4. The summed E-state index contributed by atoms with van der Waals surface area (Å²) in [5.41, 5.74) is 1.28. The van der Waals surface area contributed by atoms with Crippen LogP contribution in [-0.2, 0) is 22.3 Å². The van der Waals surface area contributed by atoms with E-state index < -0.39 is 11.7 Å². The zero-order valence-corrected chi connectivity index (χ0v) is 15.5. The summed E-state index contributed by atoms with van der Waals surface area (Å²) < 4.78 is 37.5. The van der Waals surface area contributed by atoms with Gasteiger partial charge >= 0.3 is 6.18 Å². The molecule has 2 amide bonds. The third kappa shape index (κ3) is 6.57. The summed E-state index contributed by atoms with van der Waals surface area (Å²) in [5.74, 6) is -0.554. The van der Waals surface area contributed by atoms with E-state index in [1.54, 1.807) is 38.1 Å². The van der Waals surface area contributed by atoms with Crippen molar-refractivity contribution in [2.75, 3.05) is 5.32 Å². The number of nitrogens with one attached hydrogen (secondary N) is 2. The Morgan fingerprint density at radius 1 is 1.00 bits per heavy atom. The van der Waals surface area contributed by atoms with Crippen LogP contribution in [0, 0.1) is 5.92 Å². The second-order valence-electron chi connectivity index (χ2n) is 6.51. The van der Waals surface area contributed by atoms with Crippen molar-refractivity contribution < 1.29 is 22.8 Å². The summed E-state index contributed by atoms with van der Waals surface area (Å²) in [6.45, 7) is 3.89. The van der Waals surface area contributed by atoms with Crippen LogP contribution >= 0.6 is 0 Å². The Morgan fingerprint density at radius 3 is 2.14 bits per heavy atom. The predicted molar refractivity (Wildman–Crippen MR) is 102 cm³/mol. The number of amides is 2. The van der Waals surface area contributed by atoms with Gasteiger partial charge in [0.2, 0.25) is 11.8 Å². The molecular formula is C21H21F3N2O2. The third-order valence-electron chi connectivity index (χ3n) is 3.88. The Hall–Kier alpha value is -3.09. The van der Waals surface area contributed by atoms with Crippen molar-refractivity contribution >= 4 is 23.6 Å². The molecule has 0 aliphatic rings. The van der Waals surface area contributed by atoms with E-state index >= 15 is 0 Å². The molecule has 0 aliphatic carbocycles. The summed E-state index contributed by atoms with van der Waals surface area (Å²) >= 11 is 0. The second-order valence-corrected chi connectivity index (χ2v) is 6.51. The first-order valence-electron chi connectivity index (χ1n) is 8.68. The Bertz CT molecular complexity index is 839. The molecule has 7 heteroatoms. The van der Waals surface area contributed by atoms with Crippen molar-refractivity contribution in [1.82, 2.24) is 5.32 Å². The van der Waals surface area contributed by atoms with Crippen LogP contribution in [0.2, 0.25) is 0 Å². The Morgan fingerprint density at radius 2 is 1.61 bits per heavy atom. The molecule has 2 aromatic rings. The lowest BCUT2D eigenvalue weighted by molar-refractivity contribution is -0.137. The number of hydrogen-bond acceptors (Lipinski definition) is 2. The number of rotatable bonds is 6. The maximum atomic E-state index is 12.5. The normalized spacial score (nSPS) is 11.6. The Labute approximate surface area is 161 Å². The fraction of sp³-hybridized carbons (Fsp3) is 0.238. The molecule has 0 atom stereocenters. The summed E-state index contributed by atoms with van der Waals surface area (Å²) in [5, 5.41) is 5.47. The smallest absolute Gasteiger partial charge is 0.348 e. The van der Waals surface area contributed by atoms with Gasteiger partial charge in [-0.25, -0.2) is 0 Å². The molecule has 0 aromatic heterocycles. The molecule has 4 nitrogen and oxygen atoms in total. The van der Waals surface area contributed by atoms with Gasteiger partial charge in [0.25, 0.3) is 0 Å². The lowest BCUT2D eigenvalue weighted by Crippen LogP contribution is -2.20. The highest BCUT2D eigenvalue weighted by Crippen LogP contribution is 2.29. The fourth-order valence-corrected chi connectivity index (χ4v) is 2.20. The van der Waals surface area contributed by atoms with Crippen LogP contribution in [0.25, 0.3) is 6.08 Å². The predicted octanol–water partition coefficient (Wildman–Crippen LogP) is 4.63. The van der Waals surface area contributed by atoms with Gasteiger partial charge in [-0.3, -0.25) is 9.59 Å². The van der Waals surface area contributed by atoms with Gasteiger partial charge in [-0.1, -0.05) is 38.1 Å². The van der Waals surface area contributed by atoms with Crippen LogP contribution in [-0.4, -0.2) is 11.8 Å². The van der Waals surface area contributed by atoms with Crippen LogP contribution in [0.1, 0.15) is 30.5 Å². The van der Waals surface area contributed by atoms with Crippen LogP contribution in [0.15, 0.2) is 54.6 Å². The van der Waals surface area contributed by atoms with E-state index in [0.29, 0.717) is 11.3 Å². The molecule has 0 aliphatic heterocycles. The van der Waals surface area contributed by atoms with Gasteiger partial charge in [-0.2, -0.15) is 13.2 Å². The molecular weight excluding hydrogens is 369 g/mol. The van der Waals surface area contributed by atoms with Crippen molar-refractivity contribution in [3.63, 3.8) is 0 Å². The Balaban J connectivity index is 1.85. The molecule has 0 saturated heterocycles. The third-order valence-corrected chi connectivity index (χ3v) is 3.88. The number of carbonyl (C=O) groups excluding carboxylic acids is 2. The first-order valence-corrected chi connectivity index (χ1v) is 8.68. The molecule has 148 valence electrons. The van der Waals surface area contributed by atoms with E-state index in [0.717, 1.165) is 17.7 Å². The van der Waals surface area contributed by atoms with E-state index in [2.05, 4.69) is 10.6 Å². The SMILES string of the molecule is CC(C)C(=O)Nc1ccc(CNC(=O)/C=C/c2ccc(C(F)(F)F)cc2)cc1. The number of alkyl halides is 3. The first-order chi connectivity index (χ1) is 13.1. The molecule has 0 fully saturated rings. The van der Waals surface area contributed by atoms with Gasteiger partial charge in [0.05, 0.1) is 5.56 Å². The number of hydrogen-bond donors (Lipinski definition) is 2. The molecule has 0 heterocycles. The minimum Gasteiger partial charge on any atom is -0.348 e. The maximum Gasteiger partial charge on any atom is 0.416 e. The number of anilines is 1. The number of benzene rings is 2. The second kappa shape index (κ2) is 9.21. The van der Waals surface area contributed by atoms with Crippen molar-refractivity contribution in [3.8, 4) is 0 Å². The van der Waals surface area contributed by atoms with Crippen molar-refractivity contribution in [1.29, 1.82) is 0 Å². The van der Waals surface area contributed by atoms with Crippen molar-refractivity contribution in [2.45, 2.75) is 26.6 Å². The highest BCUT2D eigenvalue weighted by Gasteiger charge is 2.29. The lowest BCUT2D eigenvalue weighted by Gasteiger charge is -2.08. The van der Waals surface area contributed by atoms with Crippen molar-refractivity contribution in [2.24, 2.45) is 5.92 Å². The largest absolute Gasteiger partial charge is 0.416 e.